The molecule has 5 heteroatoms. The fourth-order valence-electron chi connectivity index (χ4n) is 2.69. The average Bonchev–Trinajstić information content (AvgIpc) is 2.51. The quantitative estimate of drug-likeness (QED) is 0.862. The Bertz CT molecular complexity index is 749. The van der Waals surface area contributed by atoms with Crippen molar-refractivity contribution in [2.24, 2.45) is 0 Å². The van der Waals surface area contributed by atoms with Gasteiger partial charge in [-0.3, -0.25) is 9.59 Å². The number of hydrogen-bond acceptors (Lipinski definition) is 4. The molecule has 1 aliphatic rings. The Balaban J connectivity index is 2.04. The van der Waals surface area contributed by atoms with Gasteiger partial charge in [-0.25, -0.2) is 4.98 Å². The van der Waals surface area contributed by atoms with E-state index < -0.39 is 0 Å². The molecule has 0 N–H and O–H groups in total. The highest BCUT2D eigenvalue weighted by molar-refractivity contribution is 5.97. The maximum absolute atomic E-state index is 12.1. The first-order valence-corrected chi connectivity index (χ1v) is 6.95. The molecule has 0 aromatic carbocycles. The molecule has 0 saturated heterocycles. The van der Waals surface area contributed by atoms with Gasteiger partial charge >= 0.3 is 0 Å². The Kier molecular flexibility index (Phi) is 3.56. The van der Waals surface area contributed by atoms with Crippen LogP contribution in [0.3, 0.4) is 0 Å². The highest BCUT2D eigenvalue weighted by Crippen LogP contribution is 2.20. The Hall–Kier alpha value is -2.43. The van der Waals surface area contributed by atoms with Crippen LogP contribution in [-0.2, 0) is 13.0 Å². The summed E-state index contributed by atoms with van der Waals surface area (Å²) in [6, 6.07) is 8.55. The van der Waals surface area contributed by atoms with E-state index in [1.807, 2.05) is 12.1 Å². The van der Waals surface area contributed by atoms with Gasteiger partial charge in [0.2, 0.25) is 5.88 Å². The first-order chi connectivity index (χ1) is 10.2. The van der Waals surface area contributed by atoms with Crippen molar-refractivity contribution in [1.29, 1.82) is 0 Å². The van der Waals surface area contributed by atoms with Gasteiger partial charge in [0.25, 0.3) is 5.56 Å². The lowest BCUT2D eigenvalue weighted by Gasteiger charge is -2.19. The highest BCUT2D eigenvalue weighted by atomic mass is 16.5. The Morgan fingerprint density at radius 1 is 1.19 bits per heavy atom. The lowest BCUT2D eigenvalue weighted by atomic mass is 9.94. The number of aromatic nitrogens is 2. The van der Waals surface area contributed by atoms with Gasteiger partial charge in [0.05, 0.1) is 19.3 Å². The summed E-state index contributed by atoms with van der Waals surface area (Å²) in [5, 5.41) is 0. The summed E-state index contributed by atoms with van der Waals surface area (Å²) < 4.78 is 6.75. The van der Waals surface area contributed by atoms with Crippen LogP contribution < -0.4 is 10.3 Å². The zero-order chi connectivity index (χ0) is 14.8. The molecule has 0 amide bonds. The molecule has 0 atom stereocenters. The van der Waals surface area contributed by atoms with Gasteiger partial charge in [0.15, 0.2) is 5.78 Å². The lowest BCUT2D eigenvalue weighted by molar-refractivity contribution is 0.0970. The molecule has 0 fully saturated rings. The van der Waals surface area contributed by atoms with Crippen molar-refractivity contribution in [3.63, 3.8) is 0 Å². The Labute approximate surface area is 122 Å². The van der Waals surface area contributed by atoms with Crippen molar-refractivity contribution in [1.82, 2.24) is 9.55 Å². The zero-order valence-corrected chi connectivity index (χ0v) is 11.8. The summed E-state index contributed by atoms with van der Waals surface area (Å²) in [6.07, 6.45) is 2.10. The predicted octanol–water partition coefficient (Wildman–Crippen LogP) is 1.82. The number of ether oxygens (including phenoxy) is 1. The van der Waals surface area contributed by atoms with Gasteiger partial charge in [-0.15, -0.1) is 0 Å². The standard InChI is InChI=1S/C16H16N2O3/c1-21-15-7-2-4-11(17-15)10-18-13-5-3-6-14(19)12(13)8-9-16(18)20/h2,4,7-9H,3,5-6,10H2,1H3. The molecule has 2 heterocycles. The third-order valence-electron chi connectivity index (χ3n) is 3.72. The van der Waals surface area contributed by atoms with Gasteiger partial charge in [-0.2, -0.15) is 0 Å². The number of ketones is 1. The number of Topliss-reactive ketones (excluding diaryl/α,β-unsaturated/α-hetero) is 1. The van der Waals surface area contributed by atoms with Crippen molar-refractivity contribution in [2.75, 3.05) is 7.11 Å². The van der Waals surface area contributed by atoms with E-state index in [1.54, 1.807) is 23.8 Å². The second kappa shape index (κ2) is 5.52. The molecule has 2 aromatic heterocycles. The Morgan fingerprint density at radius 3 is 2.86 bits per heavy atom. The van der Waals surface area contributed by atoms with Crippen LogP contribution in [0, 0.1) is 0 Å². The third kappa shape index (κ3) is 2.59. The van der Waals surface area contributed by atoms with Crippen LogP contribution >= 0.6 is 0 Å². The minimum Gasteiger partial charge on any atom is -0.481 e. The molecule has 0 saturated carbocycles. The van der Waals surface area contributed by atoms with Crippen LogP contribution in [0.2, 0.25) is 0 Å². The largest absolute Gasteiger partial charge is 0.481 e. The third-order valence-corrected chi connectivity index (χ3v) is 3.72. The van der Waals surface area contributed by atoms with Crippen LogP contribution in [-0.4, -0.2) is 22.4 Å². The topological polar surface area (TPSA) is 61.2 Å². The van der Waals surface area contributed by atoms with Crippen molar-refractivity contribution in [3.05, 3.63) is 57.6 Å². The van der Waals surface area contributed by atoms with Crippen LogP contribution in [0.1, 0.15) is 34.6 Å². The second-order valence-electron chi connectivity index (χ2n) is 5.07. The van der Waals surface area contributed by atoms with E-state index in [9.17, 15) is 9.59 Å². The van der Waals surface area contributed by atoms with Gasteiger partial charge in [-0.1, -0.05) is 6.07 Å². The number of carbonyl (C=O) groups is 1. The normalized spacial score (nSPS) is 13.9. The van der Waals surface area contributed by atoms with E-state index in [1.165, 1.54) is 6.07 Å². The minimum absolute atomic E-state index is 0.104. The number of rotatable bonds is 3. The van der Waals surface area contributed by atoms with Crippen LogP contribution in [0.15, 0.2) is 35.1 Å². The minimum atomic E-state index is -0.104. The van der Waals surface area contributed by atoms with E-state index in [-0.39, 0.29) is 11.3 Å². The van der Waals surface area contributed by atoms with E-state index in [2.05, 4.69) is 4.98 Å². The first kappa shape index (κ1) is 13.5. The van der Waals surface area contributed by atoms with E-state index in [4.69, 9.17) is 4.74 Å². The molecule has 0 spiro atoms. The van der Waals surface area contributed by atoms with Crippen LogP contribution in [0.5, 0.6) is 5.88 Å². The maximum atomic E-state index is 12.1. The van der Waals surface area contributed by atoms with Crippen molar-refractivity contribution >= 4 is 5.78 Å². The summed E-state index contributed by atoms with van der Waals surface area (Å²) in [5.41, 5.74) is 2.13. The van der Waals surface area contributed by atoms with Gasteiger partial charge < -0.3 is 9.30 Å². The van der Waals surface area contributed by atoms with E-state index >= 15 is 0 Å². The molecule has 0 aliphatic heterocycles. The number of nitrogens with zero attached hydrogens (tertiary/aromatic N) is 2. The summed E-state index contributed by atoms with van der Waals surface area (Å²) in [7, 11) is 1.56. The molecule has 0 bridgehead atoms. The molecule has 1 aliphatic carbocycles. The number of hydrogen-bond donors (Lipinski definition) is 0. The summed E-state index contributed by atoms with van der Waals surface area (Å²) in [4.78, 5) is 28.4. The van der Waals surface area contributed by atoms with Gasteiger partial charge in [0, 0.05) is 29.8 Å². The maximum Gasteiger partial charge on any atom is 0.251 e. The van der Waals surface area contributed by atoms with Crippen LogP contribution in [0.4, 0.5) is 0 Å². The molecule has 2 aromatic rings. The molecule has 108 valence electrons. The molecule has 3 rings (SSSR count). The molecule has 0 unspecified atom stereocenters. The highest BCUT2D eigenvalue weighted by Gasteiger charge is 2.20. The summed E-state index contributed by atoms with van der Waals surface area (Å²) in [6.45, 7) is 0.354. The second-order valence-corrected chi connectivity index (χ2v) is 5.07. The first-order valence-electron chi connectivity index (χ1n) is 6.95. The van der Waals surface area contributed by atoms with Crippen molar-refractivity contribution < 1.29 is 9.53 Å². The Morgan fingerprint density at radius 2 is 2.05 bits per heavy atom. The average molecular weight is 284 g/mol. The SMILES string of the molecule is COc1cccc(Cn2c3c(ccc2=O)C(=O)CCC3)n1. The molecular weight excluding hydrogens is 268 g/mol. The fraction of sp³-hybridized carbons (Fsp3) is 0.312. The van der Waals surface area contributed by atoms with Gasteiger partial charge in [0.1, 0.15) is 0 Å². The summed E-state index contributed by atoms with van der Waals surface area (Å²) in [5.74, 6) is 0.630. The lowest BCUT2D eigenvalue weighted by Crippen LogP contribution is -2.28. The smallest absolute Gasteiger partial charge is 0.251 e. The summed E-state index contributed by atoms with van der Waals surface area (Å²) >= 11 is 0. The fourth-order valence-corrected chi connectivity index (χ4v) is 2.69. The molecule has 0 radical (unpaired) electrons. The number of carbonyl (C=O) groups excluding carboxylic acids is 1. The van der Waals surface area contributed by atoms with Crippen molar-refractivity contribution in [2.45, 2.75) is 25.8 Å². The van der Waals surface area contributed by atoms with E-state index in [0.29, 0.717) is 24.4 Å². The van der Waals surface area contributed by atoms with Crippen LogP contribution in [0.25, 0.3) is 0 Å². The number of pyridine rings is 2. The molecular formula is C16H16N2O3. The zero-order valence-electron chi connectivity index (χ0n) is 11.8. The van der Waals surface area contributed by atoms with Crippen molar-refractivity contribution in [3.8, 4) is 5.88 Å². The predicted molar refractivity (Wildman–Crippen MR) is 77.9 cm³/mol. The molecule has 21 heavy (non-hydrogen) atoms. The molecule has 5 nitrogen and oxygen atoms in total. The van der Waals surface area contributed by atoms with E-state index in [0.717, 1.165) is 24.2 Å². The monoisotopic (exact) mass is 284 g/mol. The number of fused-ring (bicyclic) bond motifs is 1. The number of methoxy groups -OCH3 is 1. The van der Waals surface area contributed by atoms with Gasteiger partial charge in [-0.05, 0) is 25.0 Å².